The highest BCUT2D eigenvalue weighted by atomic mass is 79.9. The Bertz CT molecular complexity index is 309. The SMILES string of the molecule is C[C@H](CO)NCc1cc(Br)cnc1F. The van der Waals surface area contributed by atoms with Crippen LogP contribution in [-0.2, 0) is 6.54 Å². The third kappa shape index (κ3) is 3.32. The van der Waals surface area contributed by atoms with E-state index in [4.69, 9.17) is 5.11 Å². The standard InChI is InChI=1S/C9H12BrFN2O/c1-6(5-14)12-3-7-2-8(10)4-13-9(7)11/h2,4,6,12,14H,3,5H2,1H3/t6-/m1/s1. The molecule has 0 spiro atoms. The van der Waals surface area contributed by atoms with E-state index < -0.39 is 5.95 Å². The second-order valence-electron chi connectivity index (χ2n) is 3.07. The first-order valence-electron chi connectivity index (χ1n) is 4.27. The maximum Gasteiger partial charge on any atom is 0.217 e. The maximum absolute atomic E-state index is 13.1. The summed E-state index contributed by atoms with van der Waals surface area (Å²) >= 11 is 3.21. The van der Waals surface area contributed by atoms with Gasteiger partial charge in [0.05, 0.1) is 6.61 Å². The Kier molecular flexibility index (Phi) is 4.44. The van der Waals surface area contributed by atoms with Crippen LogP contribution in [-0.4, -0.2) is 22.7 Å². The number of pyridine rings is 1. The van der Waals surface area contributed by atoms with Gasteiger partial charge in [-0.1, -0.05) is 0 Å². The molecule has 0 radical (unpaired) electrons. The number of hydrogen-bond donors (Lipinski definition) is 2. The average molecular weight is 263 g/mol. The van der Waals surface area contributed by atoms with Crippen molar-refractivity contribution in [2.75, 3.05) is 6.61 Å². The molecule has 0 amide bonds. The van der Waals surface area contributed by atoms with Crippen LogP contribution in [0, 0.1) is 5.95 Å². The fourth-order valence-corrected chi connectivity index (χ4v) is 1.32. The summed E-state index contributed by atoms with van der Waals surface area (Å²) in [5.41, 5.74) is 0.486. The lowest BCUT2D eigenvalue weighted by atomic mass is 10.2. The highest BCUT2D eigenvalue weighted by Gasteiger charge is 2.05. The van der Waals surface area contributed by atoms with Crippen molar-refractivity contribution in [2.24, 2.45) is 0 Å². The smallest absolute Gasteiger partial charge is 0.217 e. The summed E-state index contributed by atoms with van der Waals surface area (Å²) in [5.74, 6) is -0.481. The molecule has 0 saturated carbocycles. The topological polar surface area (TPSA) is 45.1 Å². The van der Waals surface area contributed by atoms with Gasteiger partial charge in [-0.3, -0.25) is 0 Å². The van der Waals surface area contributed by atoms with Crippen LogP contribution in [0.1, 0.15) is 12.5 Å². The summed E-state index contributed by atoms with van der Waals surface area (Å²) in [4.78, 5) is 3.57. The first-order valence-corrected chi connectivity index (χ1v) is 5.07. The third-order valence-corrected chi connectivity index (χ3v) is 2.23. The van der Waals surface area contributed by atoms with Gasteiger partial charge in [0.25, 0.3) is 0 Å². The summed E-state index contributed by atoms with van der Waals surface area (Å²) in [6, 6.07) is 1.62. The molecule has 78 valence electrons. The number of aromatic nitrogens is 1. The number of halogens is 2. The number of nitrogens with one attached hydrogen (secondary N) is 1. The van der Waals surface area contributed by atoms with E-state index in [9.17, 15) is 4.39 Å². The van der Waals surface area contributed by atoms with Crippen molar-refractivity contribution in [3.63, 3.8) is 0 Å². The summed E-state index contributed by atoms with van der Waals surface area (Å²) < 4.78 is 13.8. The number of aliphatic hydroxyl groups is 1. The lowest BCUT2D eigenvalue weighted by molar-refractivity contribution is 0.250. The molecule has 1 rings (SSSR count). The zero-order valence-electron chi connectivity index (χ0n) is 7.80. The second kappa shape index (κ2) is 5.38. The van der Waals surface area contributed by atoms with Gasteiger partial charge in [-0.25, -0.2) is 4.98 Å². The van der Waals surface area contributed by atoms with Gasteiger partial charge in [0.15, 0.2) is 0 Å². The van der Waals surface area contributed by atoms with E-state index in [0.717, 1.165) is 4.47 Å². The van der Waals surface area contributed by atoms with Gasteiger partial charge in [0.2, 0.25) is 5.95 Å². The van der Waals surface area contributed by atoms with E-state index in [1.807, 2.05) is 6.92 Å². The molecule has 0 aliphatic heterocycles. The van der Waals surface area contributed by atoms with Crippen molar-refractivity contribution in [3.8, 4) is 0 Å². The van der Waals surface area contributed by atoms with Gasteiger partial charge in [-0.05, 0) is 28.9 Å². The predicted octanol–water partition coefficient (Wildman–Crippen LogP) is 1.45. The lowest BCUT2D eigenvalue weighted by Gasteiger charge is -2.10. The second-order valence-corrected chi connectivity index (χ2v) is 3.98. The summed E-state index contributed by atoms with van der Waals surface area (Å²) in [6.45, 7) is 2.21. The molecule has 1 heterocycles. The van der Waals surface area contributed by atoms with Gasteiger partial charge in [-0.15, -0.1) is 0 Å². The van der Waals surface area contributed by atoms with Crippen molar-refractivity contribution in [1.82, 2.24) is 10.3 Å². The van der Waals surface area contributed by atoms with Crippen LogP contribution in [0.25, 0.3) is 0 Å². The Morgan fingerprint density at radius 3 is 3.07 bits per heavy atom. The molecule has 0 aliphatic carbocycles. The van der Waals surface area contributed by atoms with Crippen LogP contribution < -0.4 is 5.32 Å². The Balaban J connectivity index is 2.62. The fourth-order valence-electron chi connectivity index (χ4n) is 0.937. The quantitative estimate of drug-likeness (QED) is 0.808. The minimum absolute atomic E-state index is 0.0308. The van der Waals surface area contributed by atoms with Gasteiger partial charge in [0, 0.05) is 28.8 Å². The molecule has 0 aromatic carbocycles. The molecule has 0 saturated heterocycles. The molecular formula is C9H12BrFN2O. The molecule has 1 aromatic heterocycles. The van der Waals surface area contributed by atoms with E-state index in [0.29, 0.717) is 12.1 Å². The van der Waals surface area contributed by atoms with Crippen LogP contribution in [0.4, 0.5) is 4.39 Å². The van der Waals surface area contributed by atoms with Crippen LogP contribution in [0.15, 0.2) is 16.7 Å². The molecule has 2 N–H and O–H groups in total. The zero-order valence-corrected chi connectivity index (χ0v) is 9.38. The number of nitrogens with zero attached hydrogens (tertiary/aromatic N) is 1. The fraction of sp³-hybridized carbons (Fsp3) is 0.444. The molecule has 14 heavy (non-hydrogen) atoms. The molecule has 1 atom stereocenters. The highest BCUT2D eigenvalue weighted by Crippen LogP contribution is 2.12. The number of aliphatic hydroxyl groups excluding tert-OH is 1. The van der Waals surface area contributed by atoms with Crippen LogP contribution in [0.5, 0.6) is 0 Å². The van der Waals surface area contributed by atoms with E-state index in [1.165, 1.54) is 6.20 Å². The van der Waals surface area contributed by atoms with E-state index in [2.05, 4.69) is 26.2 Å². The third-order valence-electron chi connectivity index (χ3n) is 1.79. The molecule has 0 fully saturated rings. The first kappa shape index (κ1) is 11.6. The molecular weight excluding hydrogens is 251 g/mol. The van der Waals surface area contributed by atoms with Crippen molar-refractivity contribution >= 4 is 15.9 Å². The molecule has 0 unspecified atom stereocenters. The highest BCUT2D eigenvalue weighted by molar-refractivity contribution is 9.10. The summed E-state index contributed by atoms with van der Waals surface area (Å²) in [7, 11) is 0. The van der Waals surface area contributed by atoms with Crippen molar-refractivity contribution < 1.29 is 9.50 Å². The predicted molar refractivity (Wildman–Crippen MR) is 55.3 cm³/mol. The number of rotatable bonds is 4. The Hall–Kier alpha value is -0.520. The molecule has 0 aliphatic rings. The Morgan fingerprint density at radius 1 is 1.71 bits per heavy atom. The minimum Gasteiger partial charge on any atom is -0.395 e. The van der Waals surface area contributed by atoms with E-state index in [-0.39, 0.29) is 12.6 Å². The molecule has 1 aromatic rings. The van der Waals surface area contributed by atoms with E-state index in [1.54, 1.807) is 6.07 Å². The van der Waals surface area contributed by atoms with Gasteiger partial charge < -0.3 is 10.4 Å². The maximum atomic E-state index is 13.1. The Morgan fingerprint density at radius 2 is 2.43 bits per heavy atom. The van der Waals surface area contributed by atoms with Crippen molar-refractivity contribution in [2.45, 2.75) is 19.5 Å². The Labute approximate surface area is 90.5 Å². The van der Waals surface area contributed by atoms with Gasteiger partial charge >= 0.3 is 0 Å². The first-order chi connectivity index (χ1) is 6.63. The normalized spacial score (nSPS) is 12.9. The van der Waals surface area contributed by atoms with Crippen LogP contribution in [0.3, 0.4) is 0 Å². The van der Waals surface area contributed by atoms with Gasteiger partial charge in [0.1, 0.15) is 0 Å². The van der Waals surface area contributed by atoms with Crippen molar-refractivity contribution in [3.05, 3.63) is 28.2 Å². The minimum atomic E-state index is -0.481. The largest absolute Gasteiger partial charge is 0.395 e. The molecule has 0 bridgehead atoms. The lowest BCUT2D eigenvalue weighted by Crippen LogP contribution is -2.29. The van der Waals surface area contributed by atoms with E-state index >= 15 is 0 Å². The van der Waals surface area contributed by atoms with Gasteiger partial charge in [-0.2, -0.15) is 4.39 Å². The van der Waals surface area contributed by atoms with Crippen LogP contribution >= 0.6 is 15.9 Å². The van der Waals surface area contributed by atoms with Crippen LogP contribution in [0.2, 0.25) is 0 Å². The summed E-state index contributed by atoms with van der Waals surface area (Å²) in [6.07, 6.45) is 1.41. The number of hydrogen-bond acceptors (Lipinski definition) is 3. The average Bonchev–Trinajstić information content (AvgIpc) is 2.19. The van der Waals surface area contributed by atoms with Crippen molar-refractivity contribution in [1.29, 1.82) is 0 Å². The molecule has 3 nitrogen and oxygen atoms in total. The summed E-state index contributed by atoms with van der Waals surface area (Å²) in [5, 5.41) is 11.7. The monoisotopic (exact) mass is 262 g/mol. The zero-order chi connectivity index (χ0) is 10.6. The molecule has 5 heteroatoms.